The Hall–Kier alpha value is -1.10. The molecular formula is C24H38AuO4. The predicted molar refractivity (Wildman–Crippen MR) is 114 cm³/mol. The summed E-state index contributed by atoms with van der Waals surface area (Å²) in [5, 5.41) is 0. The summed E-state index contributed by atoms with van der Waals surface area (Å²) in [6, 6.07) is 6.77. The van der Waals surface area contributed by atoms with Gasteiger partial charge in [-0.1, -0.05) is 78.4 Å². The van der Waals surface area contributed by atoms with Gasteiger partial charge >= 0.3 is 11.9 Å². The molecule has 0 aliphatic rings. The van der Waals surface area contributed by atoms with Gasteiger partial charge in [0.25, 0.3) is 0 Å². The van der Waals surface area contributed by atoms with Gasteiger partial charge in [0.1, 0.15) is 0 Å². The molecule has 0 heterocycles. The molecule has 0 amide bonds. The van der Waals surface area contributed by atoms with E-state index in [0.29, 0.717) is 36.2 Å². The van der Waals surface area contributed by atoms with Crippen molar-refractivity contribution in [3.05, 3.63) is 35.4 Å². The van der Waals surface area contributed by atoms with E-state index in [0.717, 1.165) is 51.4 Å². The van der Waals surface area contributed by atoms with Crippen molar-refractivity contribution < 1.29 is 41.4 Å². The summed E-state index contributed by atoms with van der Waals surface area (Å²) in [4.78, 5) is 25.1. The van der Waals surface area contributed by atoms with Crippen LogP contribution in [0.25, 0.3) is 0 Å². The van der Waals surface area contributed by atoms with Crippen LogP contribution in [0.5, 0.6) is 0 Å². The third-order valence-electron chi connectivity index (χ3n) is 5.35. The minimum atomic E-state index is -0.444. The van der Waals surface area contributed by atoms with Gasteiger partial charge < -0.3 is 9.47 Å². The number of benzene rings is 1. The summed E-state index contributed by atoms with van der Waals surface area (Å²) in [5.74, 6) is -0.153. The molecule has 0 bridgehead atoms. The number of hydrogen-bond acceptors (Lipinski definition) is 4. The number of ether oxygens (including phenoxy) is 2. The summed E-state index contributed by atoms with van der Waals surface area (Å²) in [6.45, 7) is 9.34. The van der Waals surface area contributed by atoms with Gasteiger partial charge in [-0.25, -0.2) is 9.59 Å². The van der Waals surface area contributed by atoms with Crippen LogP contribution in [0.3, 0.4) is 0 Å². The first kappa shape index (κ1) is 27.9. The topological polar surface area (TPSA) is 52.6 Å². The van der Waals surface area contributed by atoms with Crippen LogP contribution in [0.15, 0.2) is 24.3 Å². The van der Waals surface area contributed by atoms with Crippen LogP contribution < -0.4 is 0 Å². The molecule has 0 aliphatic heterocycles. The maximum atomic E-state index is 12.6. The van der Waals surface area contributed by atoms with Gasteiger partial charge in [-0.05, 0) is 36.8 Å². The summed E-state index contributed by atoms with van der Waals surface area (Å²) >= 11 is 0. The molecule has 0 spiro atoms. The van der Waals surface area contributed by atoms with Gasteiger partial charge in [0.2, 0.25) is 0 Å². The Labute approximate surface area is 192 Å². The minimum Gasteiger partial charge on any atom is -0.462 e. The zero-order valence-electron chi connectivity index (χ0n) is 18.5. The zero-order valence-corrected chi connectivity index (χ0v) is 20.6. The summed E-state index contributed by atoms with van der Waals surface area (Å²) in [6.07, 6.45) is 8.61. The van der Waals surface area contributed by atoms with E-state index in [9.17, 15) is 9.59 Å². The van der Waals surface area contributed by atoms with Gasteiger partial charge in [-0.2, -0.15) is 0 Å². The first-order valence-corrected chi connectivity index (χ1v) is 11.0. The molecule has 1 radical (unpaired) electrons. The van der Waals surface area contributed by atoms with E-state index in [-0.39, 0.29) is 22.4 Å². The number of carbonyl (C=O) groups excluding carboxylic acids is 2. The van der Waals surface area contributed by atoms with Gasteiger partial charge in [0, 0.05) is 22.4 Å². The second kappa shape index (κ2) is 16.7. The molecule has 1 aromatic rings. The number of esters is 2. The molecule has 169 valence electrons. The molecule has 1 rings (SSSR count). The second-order valence-electron chi connectivity index (χ2n) is 7.58. The van der Waals surface area contributed by atoms with Gasteiger partial charge in [0.05, 0.1) is 24.3 Å². The van der Waals surface area contributed by atoms with Crippen molar-refractivity contribution in [3.63, 3.8) is 0 Å². The molecule has 29 heavy (non-hydrogen) atoms. The van der Waals surface area contributed by atoms with Crippen LogP contribution in [0.4, 0.5) is 0 Å². The van der Waals surface area contributed by atoms with E-state index in [1.807, 2.05) is 0 Å². The Kier molecular flexibility index (Phi) is 16.0. The summed E-state index contributed by atoms with van der Waals surface area (Å²) < 4.78 is 11.0. The molecule has 0 fully saturated rings. The molecule has 0 N–H and O–H groups in total. The fourth-order valence-electron chi connectivity index (χ4n) is 3.18. The third kappa shape index (κ3) is 10.5. The number of unbranched alkanes of at least 4 members (excludes halogenated alkanes) is 2. The first-order valence-electron chi connectivity index (χ1n) is 11.0. The number of carbonyl (C=O) groups is 2. The molecular weight excluding hydrogens is 549 g/mol. The van der Waals surface area contributed by atoms with Crippen LogP contribution in [-0.2, 0) is 31.9 Å². The maximum Gasteiger partial charge on any atom is 0.339 e. The Morgan fingerprint density at radius 1 is 0.759 bits per heavy atom. The van der Waals surface area contributed by atoms with E-state index < -0.39 is 11.9 Å². The van der Waals surface area contributed by atoms with E-state index in [1.165, 1.54) is 0 Å². The fourth-order valence-corrected chi connectivity index (χ4v) is 3.18. The Morgan fingerprint density at radius 3 is 1.45 bits per heavy atom. The fraction of sp³-hybridized carbons (Fsp3) is 0.667. The Balaban J connectivity index is 0.00000784. The van der Waals surface area contributed by atoms with E-state index in [4.69, 9.17) is 9.47 Å². The summed E-state index contributed by atoms with van der Waals surface area (Å²) in [5.41, 5.74) is 0.582. The monoisotopic (exact) mass is 587 g/mol. The predicted octanol–water partition coefficient (Wildman–Crippen LogP) is 6.43. The summed E-state index contributed by atoms with van der Waals surface area (Å²) in [7, 11) is 0. The van der Waals surface area contributed by atoms with Crippen molar-refractivity contribution in [2.75, 3.05) is 13.2 Å². The van der Waals surface area contributed by atoms with Crippen molar-refractivity contribution >= 4 is 11.9 Å². The van der Waals surface area contributed by atoms with Crippen LogP contribution in [0.2, 0.25) is 0 Å². The van der Waals surface area contributed by atoms with Crippen LogP contribution in [-0.4, -0.2) is 25.2 Å². The average molecular weight is 588 g/mol. The molecule has 0 aromatic heterocycles. The molecule has 2 unspecified atom stereocenters. The first-order chi connectivity index (χ1) is 13.6. The molecule has 1 aromatic carbocycles. The van der Waals surface area contributed by atoms with E-state index >= 15 is 0 Å². The van der Waals surface area contributed by atoms with Crippen molar-refractivity contribution in [2.24, 2.45) is 11.8 Å². The van der Waals surface area contributed by atoms with Crippen LogP contribution in [0.1, 0.15) is 99.8 Å². The van der Waals surface area contributed by atoms with Crippen molar-refractivity contribution in [1.29, 1.82) is 0 Å². The molecule has 2 atom stereocenters. The van der Waals surface area contributed by atoms with Crippen LogP contribution in [0, 0.1) is 11.8 Å². The normalized spacial score (nSPS) is 12.6. The smallest absolute Gasteiger partial charge is 0.339 e. The van der Waals surface area contributed by atoms with Gasteiger partial charge in [-0.15, -0.1) is 0 Å². The van der Waals surface area contributed by atoms with Gasteiger partial charge in [0.15, 0.2) is 0 Å². The quantitative estimate of drug-likeness (QED) is 0.186. The Morgan fingerprint density at radius 2 is 1.14 bits per heavy atom. The van der Waals surface area contributed by atoms with Crippen molar-refractivity contribution in [3.8, 4) is 0 Å². The average Bonchev–Trinajstić information content (AvgIpc) is 2.73. The number of hydrogen-bond donors (Lipinski definition) is 0. The molecule has 0 aliphatic carbocycles. The van der Waals surface area contributed by atoms with E-state index in [1.54, 1.807) is 24.3 Å². The number of rotatable bonds is 14. The zero-order chi connectivity index (χ0) is 20.8. The van der Waals surface area contributed by atoms with Crippen molar-refractivity contribution in [2.45, 2.75) is 79.1 Å². The van der Waals surface area contributed by atoms with E-state index in [2.05, 4.69) is 27.7 Å². The SMILES string of the molecule is CCCCC(CC)COC(=O)c1ccccc1C(=O)OCC(CC)CCCC.[Au]. The van der Waals surface area contributed by atoms with Gasteiger partial charge in [-0.3, -0.25) is 0 Å². The van der Waals surface area contributed by atoms with Crippen molar-refractivity contribution in [1.82, 2.24) is 0 Å². The molecule has 5 heteroatoms. The minimum absolute atomic E-state index is 0. The third-order valence-corrected chi connectivity index (χ3v) is 5.35. The standard InChI is InChI=1S/C24H38O4.Au/c1-5-9-13-19(7-3)17-27-23(25)21-15-11-12-16-22(21)24(26)28-18-20(8-4)14-10-6-2;/h11-12,15-16,19-20H,5-10,13-14,17-18H2,1-4H3;. The molecule has 0 saturated heterocycles. The molecule has 4 nitrogen and oxygen atoms in total. The largest absolute Gasteiger partial charge is 0.462 e. The second-order valence-corrected chi connectivity index (χ2v) is 7.58. The van der Waals surface area contributed by atoms with Crippen LogP contribution >= 0.6 is 0 Å². The Bertz CT molecular complexity index is 537. The molecule has 0 saturated carbocycles. The maximum absolute atomic E-state index is 12.6.